The molecule has 2 unspecified atom stereocenters. The summed E-state index contributed by atoms with van der Waals surface area (Å²) in [7, 11) is 3.92. The van der Waals surface area contributed by atoms with Gasteiger partial charge in [0.2, 0.25) is 5.82 Å². The molecule has 2 rings (SSSR count). The van der Waals surface area contributed by atoms with Crippen molar-refractivity contribution in [1.82, 2.24) is 14.9 Å². The molecule has 0 aliphatic carbocycles. The van der Waals surface area contributed by atoms with Crippen molar-refractivity contribution < 1.29 is 13.2 Å². The summed E-state index contributed by atoms with van der Waals surface area (Å²) in [6, 6.07) is 1.67. The molecule has 0 bridgehead atoms. The van der Waals surface area contributed by atoms with Gasteiger partial charge in [-0.1, -0.05) is 6.92 Å². The molecule has 1 fully saturated rings. The SMILES string of the molecule is CC1CN(c2cc(N)nc(C(F)(F)F)n2)CC1N(C)C. The van der Waals surface area contributed by atoms with Crippen LogP contribution in [0.25, 0.3) is 0 Å². The number of aromatic nitrogens is 2. The minimum Gasteiger partial charge on any atom is -0.384 e. The van der Waals surface area contributed by atoms with Crippen molar-refractivity contribution in [3.8, 4) is 0 Å². The molecule has 20 heavy (non-hydrogen) atoms. The van der Waals surface area contributed by atoms with Gasteiger partial charge in [-0.15, -0.1) is 0 Å². The summed E-state index contributed by atoms with van der Waals surface area (Å²) < 4.78 is 38.1. The Bertz CT molecular complexity index is 488. The average Bonchev–Trinajstić information content (AvgIpc) is 2.69. The molecule has 1 aromatic heterocycles. The molecule has 0 aromatic carbocycles. The Morgan fingerprint density at radius 2 is 1.95 bits per heavy atom. The van der Waals surface area contributed by atoms with Crippen LogP contribution in [0, 0.1) is 5.92 Å². The van der Waals surface area contributed by atoms with Crippen LogP contribution in [-0.2, 0) is 6.18 Å². The third-order valence-electron chi connectivity index (χ3n) is 3.55. The van der Waals surface area contributed by atoms with Crippen LogP contribution >= 0.6 is 0 Å². The Morgan fingerprint density at radius 1 is 1.30 bits per heavy atom. The number of hydrogen-bond acceptors (Lipinski definition) is 5. The molecule has 2 N–H and O–H groups in total. The van der Waals surface area contributed by atoms with Gasteiger partial charge in [0, 0.05) is 25.2 Å². The first-order chi connectivity index (χ1) is 9.18. The van der Waals surface area contributed by atoms with E-state index in [2.05, 4.69) is 21.8 Å². The van der Waals surface area contributed by atoms with E-state index in [9.17, 15) is 13.2 Å². The van der Waals surface area contributed by atoms with E-state index in [0.717, 1.165) is 0 Å². The van der Waals surface area contributed by atoms with Gasteiger partial charge in [0.25, 0.3) is 0 Å². The highest BCUT2D eigenvalue weighted by molar-refractivity contribution is 5.48. The predicted molar refractivity (Wildman–Crippen MR) is 70.3 cm³/mol. The topological polar surface area (TPSA) is 58.3 Å². The van der Waals surface area contributed by atoms with Gasteiger partial charge in [0.1, 0.15) is 11.6 Å². The molecule has 5 nitrogen and oxygen atoms in total. The maximum Gasteiger partial charge on any atom is 0.451 e. The smallest absolute Gasteiger partial charge is 0.384 e. The van der Waals surface area contributed by atoms with Crippen LogP contribution in [0.1, 0.15) is 12.7 Å². The Hall–Kier alpha value is -1.57. The largest absolute Gasteiger partial charge is 0.451 e. The molecule has 0 amide bonds. The molecule has 1 aromatic rings. The lowest BCUT2D eigenvalue weighted by molar-refractivity contribution is -0.144. The maximum atomic E-state index is 12.7. The summed E-state index contributed by atoms with van der Waals surface area (Å²) in [4.78, 5) is 10.8. The summed E-state index contributed by atoms with van der Waals surface area (Å²) in [6.45, 7) is 3.35. The minimum atomic E-state index is -4.59. The van der Waals surface area contributed by atoms with Gasteiger partial charge in [-0.25, -0.2) is 9.97 Å². The quantitative estimate of drug-likeness (QED) is 0.893. The lowest BCUT2D eigenvalue weighted by Gasteiger charge is -2.22. The van der Waals surface area contributed by atoms with Gasteiger partial charge in [-0.05, 0) is 20.0 Å². The molecular formula is C12H18F3N5. The van der Waals surface area contributed by atoms with E-state index in [-0.39, 0.29) is 17.7 Å². The van der Waals surface area contributed by atoms with Crippen LogP contribution in [0.3, 0.4) is 0 Å². The van der Waals surface area contributed by atoms with E-state index >= 15 is 0 Å². The van der Waals surface area contributed by atoms with Gasteiger partial charge in [0.05, 0.1) is 0 Å². The number of hydrogen-bond donors (Lipinski definition) is 1. The first kappa shape index (κ1) is 14.8. The summed E-state index contributed by atoms with van der Waals surface area (Å²) in [5.41, 5.74) is 5.46. The van der Waals surface area contributed by atoms with Crippen molar-refractivity contribution in [3.05, 3.63) is 11.9 Å². The van der Waals surface area contributed by atoms with Crippen molar-refractivity contribution in [2.75, 3.05) is 37.8 Å². The van der Waals surface area contributed by atoms with Gasteiger partial charge >= 0.3 is 6.18 Å². The number of nitrogens with zero attached hydrogens (tertiary/aromatic N) is 4. The summed E-state index contributed by atoms with van der Waals surface area (Å²) >= 11 is 0. The molecule has 112 valence electrons. The Morgan fingerprint density at radius 3 is 2.45 bits per heavy atom. The number of likely N-dealkylation sites (N-methyl/N-ethyl adjacent to an activating group) is 1. The standard InChI is InChI=1S/C12H18F3N5/c1-7-5-20(6-8(7)19(2)3)10-4-9(16)17-11(18-10)12(13,14)15/h4,7-8H,5-6H2,1-3H3,(H2,16,17,18). The number of alkyl halides is 3. The minimum absolute atomic E-state index is 0.164. The molecule has 1 aliphatic heterocycles. The Labute approximate surface area is 115 Å². The highest BCUT2D eigenvalue weighted by atomic mass is 19.4. The van der Waals surface area contributed by atoms with Crippen LogP contribution < -0.4 is 10.6 Å². The Balaban J connectivity index is 2.28. The first-order valence-electron chi connectivity index (χ1n) is 6.31. The normalized spacial score (nSPS) is 23.6. The van der Waals surface area contributed by atoms with Gasteiger partial charge in [-0.2, -0.15) is 13.2 Å². The molecular weight excluding hydrogens is 271 g/mol. The van der Waals surface area contributed by atoms with E-state index in [1.807, 2.05) is 19.0 Å². The fraction of sp³-hybridized carbons (Fsp3) is 0.667. The zero-order valence-electron chi connectivity index (χ0n) is 11.6. The van der Waals surface area contributed by atoms with E-state index in [1.165, 1.54) is 6.07 Å². The zero-order chi connectivity index (χ0) is 15.1. The van der Waals surface area contributed by atoms with Crippen LogP contribution in [-0.4, -0.2) is 48.1 Å². The average molecular weight is 289 g/mol. The molecule has 1 saturated heterocycles. The van der Waals surface area contributed by atoms with Crippen molar-refractivity contribution >= 4 is 11.6 Å². The number of rotatable bonds is 2. The molecule has 1 aliphatic rings. The summed E-state index contributed by atoms with van der Waals surface area (Å²) in [5.74, 6) is -0.770. The predicted octanol–water partition coefficient (Wildman–Crippen LogP) is 1.46. The van der Waals surface area contributed by atoms with Crippen molar-refractivity contribution in [2.24, 2.45) is 5.92 Å². The fourth-order valence-corrected chi connectivity index (χ4v) is 2.55. The van der Waals surface area contributed by atoms with Crippen LogP contribution in [0.5, 0.6) is 0 Å². The van der Waals surface area contributed by atoms with Crippen LogP contribution in [0.2, 0.25) is 0 Å². The van der Waals surface area contributed by atoms with E-state index < -0.39 is 12.0 Å². The lowest BCUT2D eigenvalue weighted by atomic mass is 10.1. The molecule has 8 heteroatoms. The molecule has 0 radical (unpaired) electrons. The molecule has 2 heterocycles. The fourth-order valence-electron chi connectivity index (χ4n) is 2.55. The van der Waals surface area contributed by atoms with Crippen LogP contribution in [0.4, 0.5) is 24.8 Å². The molecule has 2 atom stereocenters. The van der Waals surface area contributed by atoms with Gasteiger partial charge in [-0.3, -0.25) is 0 Å². The van der Waals surface area contributed by atoms with Crippen molar-refractivity contribution in [3.63, 3.8) is 0 Å². The second-order valence-corrected chi connectivity index (χ2v) is 5.39. The van der Waals surface area contributed by atoms with E-state index in [1.54, 1.807) is 0 Å². The number of nitrogen functional groups attached to an aromatic ring is 1. The summed E-state index contributed by atoms with van der Waals surface area (Å²) in [5, 5.41) is 0. The molecule has 0 saturated carbocycles. The second-order valence-electron chi connectivity index (χ2n) is 5.39. The monoisotopic (exact) mass is 289 g/mol. The second kappa shape index (κ2) is 5.08. The van der Waals surface area contributed by atoms with E-state index in [4.69, 9.17) is 5.73 Å². The van der Waals surface area contributed by atoms with Crippen molar-refractivity contribution in [2.45, 2.75) is 19.1 Å². The number of anilines is 2. The Kier molecular flexibility index (Phi) is 3.77. The number of halogens is 3. The zero-order valence-corrected chi connectivity index (χ0v) is 11.6. The first-order valence-corrected chi connectivity index (χ1v) is 6.31. The third kappa shape index (κ3) is 2.95. The summed E-state index contributed by atoms with van der Waals surface area (Å²) in [6.07, 6.45) is -4.59. The lowest BCUT2D eigenvalue weighted by Crippen LogP contribution is -2.34. The van der Waals surface area contributed by atoms with Gasteiger partial charge < -0.3 is 15.5 Å². The molecule has 0 spiro atoms. The van der Waals surface area contributed by atoms with Crippen molar-refractivity contribution in [1.29, 1.82) is 0 Å². The van der Waals surface area contributed by atoms with Gasteiger partial charge in [0.15, 0.2) is 0 Å². The highest BCUT2D eigenvalue weighted by Gasteiger charge is 2.37. The number of nitrogens with two attached hydrogens (primary N) is 1. The third-order valence-corrected chi connectivity index (χ3v) is 3.55. The van der Waals surface area contributed by atoms with Crippen LogP contribution in [0.15, 0.2) is 6.07 Å². The maximum absolute atomic E-state index is 12.7. The van der Waals surface area contributed by atoms with E-state index in [0.29, 0.717) is 19.0 Å². The highest BCUT2D eigenvalue weighted by Crippen LogP contribution is 2.30.